The minimum atomic E-state index is -0.192. The van der Waals surface area contributed by atoms with E-state index in [-0.39, 0.29) is 18.9 Å². The number of anilines is 1. The van der Waals surface area contributed by atoms with E-state index in [2.05, 4.69) is 15.3 Å². The summed E-state index contributed by atoms with van der Waals surface area (Å²) in [4.78, 5) is 22.0. The highest BCUT2D eigenvalue weighted by Gasteiger charge is 2.18. The summed E-state index contributed by atoms with van der Waals surface area (Å²) in [6.07, 6.45) is 3.50. The molecule has 0 fully saturated rings. The summed E-state index contributed by atoms with van der Waals surface area (Å²) in [7, 11) is 1.61. The molecular formula is C25H22N4O4S. The Kier molecular flexibility index (Phi) is 6.01. The van der Waals surface area contributed by atoms with Crippen LogP contribution in [0.5, 0.6) is 17.2 Å². The first kappa shape index (κ1) is 21.7. The molecule has 0 aliphatic carbocycles. The van der Waals surface area contributed by atoms with Gasteiger partial charge < -0.3 is 29.4 Å². The summed E-state index contributed by atoms with van der Waals surface area (Å²) in [5, 5.41) is 4.56. The van der Waals surface area contributed by atoms with Crippen molar-refractivity contribution < 1.29 is 14.2 Å². The van der Waals surface area contributed by atoms with E-state index in [1.165, 1.54) is 0 Å². The highest BCUT2D eigenvalue weighted by atomic mass is 32.1. The minimum absolute atomic E-state index is 0.171. The predicted molar refractivity (Wildman–Crippen MR) is 133 cm³/mol. The molecule has 0 saturated carbocycles. The molecule has 0 saturated heterocycles. The zero-order chi connectivity index (χ0) is 23.5. The Labute approximate surface area is 201 Å². The smallest absolute Gasteiger partial charge is 0.253 e. The molecule has 1 aliphatic rings. The van der Waals surface area contributed by atoms with Crippen molar-refractivity contribution in [1.82, 2.24) is 14.9 Å². The van der Waals surface area contributed by atoms with Crippen molar-refractivity contribution >= 4 is 33.9 Å². The molecule has 0 amide bonds. The molecule has 5 rings (SSSR count). The second kappa shape index (κ2) is 9.40. The van der Waals surface area contributed by atoms with Crippen molar-refractivity contribution in [3.8, 4) is 17.2 Å². The Hall–Kier alpha value is -4.11. The van der Waals surface area contributed by atoms with Crippen LogP contribution in [-0.4, -0.2) is 33.9 Å². The number of para-hydroxylation sites is 2. The third-order valence-corrected chi connectivity index (χ3v) is 5.87. The van der Waals surface area contributed by atoms with Gasteiger partial charge in [-0.1, -0.05) is 18.2 Å². The number of rotatable bonds is 6. The number of benzene rings is 2. The van der Waals surface area contributed by atoms with Crippen LogP contribution in [0.1, 0.15) is 11.1 Å². The molecule has 0 unspecified atom stereocenters. The van der Waals surface area contributed by atoms with Crippen LogP contribution in [0, 0.1) is 0 Å². The molecular weight excluding hydrogens is 452 g/mol. The van der Waals surface area contributed by atoms with E-state index >= 15 is 0 Å². The molecule has 0 atom stereocenters. The molecule has 9 heteroatoms. The highest BCUT2D eigenvalue weighted by molar-refractivity contribution is 7.80. The molecule has 2 N–H and O–H groups in total. The van der Waals surface area contributed by atoms with Crippen molar-refractivity contribution in [2.75, 3.05) is 19.2 Å². The lowest BCUT2D eigenvalue weighted by molar-refractivity contribution is 0.174. The Morgan fingerprint density at radius 2 is 1.97 bits per heavy atom. The van der Waals surface area contributed by atoms with Crippen molar-refractivity contribution in [2.24, 2.45) is 0 Å². The molecule has 0 spiro atoms. The van der Waals surface area contributed by atoms with Gasteiger partial charge in [0.05, 0.1) is 24.9 Å². The third-order valence-electron chi connectivity index (χ3n) is 5.51. The van der Waals surface area contributed by atoms with E-state index in [0.29, 0.717) is 40.0 Å². The second-order valence-electron chi connectivity index (χ2n) is 7.76. The number of aromatic amines is 1. The van der Waals surface area contributed by atoms with Gasteiger partial charge in [-0.05, 0) is 48.1 Å². The lowest BCUT2D eigenvalue weighted by Gasteiger charge is -2.26. The average molecular weight is 475 g/mol. The van der Waals surface area contributed by atoms with E-state index in [1.807, 2.05) is 53.4 Å². The zero-order valence-electron chi connectivity index (χ0n) is 18.4. The van der Waals surface area contributed by atoms with Crippen LogP contribution in [-0.2, 0) is 13.1 Å². The first-order valence-corrected chi connectivity index (χ1v) is 11.0. The van der Waals surface area contributed by atoms with Crippen LogP contribution in [0.3, 0.4) is 0 Å². The van der Waals surface area contributed by atoms with Crippen LogP contribution in [0.4, 0.5) is 5.69 Å². The molecule has 3 heterocycles. The maximum Gasteiger partial charge on any atom is 0.253 e. The lowest BCUT2D eigenvalue weighted by atomic mass is 10.1. The quantitative estimate of drug-likeness (QED) is 0.405. The number of nitrogens with one attached hydrogen (secondary N) is 2. The number of methoxy groups -OCH3 is 1. The summed E-state index contributed by atoms with van der Waals surface area (Å²) in [5.41, 5.74) is 2.77. The Morgan fingerprint density at radius 1 is 1.15 bits per heavy atom. The van der Waals surface area contributed by atoms with Crippen LogP contribution in [0.15, 0.2) is 71.8 Å². The maximum atomic E-state index is 13.0. The second-order valence-corrected chi connectivity index (χ2v) is 8.15. The number of fused-ring (bicyclic) bond motifs is 2. The SMILES string of the molecule is COc1ccccc1NC(=S)N(Cc1cccnc1)Cc1cc2cc3c(cc2[nH]c1=O)OCO3. The summed E-state index contributed by atoms with van der Waals surface area (Å²) < 4.78 is 16.3. The van der Waals surface area contributed by atoms with E-state index in [0.717, 1.165) is 16.6 Å². The van der Waals surface area contributed by atoms with Crippen LogP contribution in [0.25, 0.3) is 10.9 Å². The number of H-pyrrole nitrogens is 1. The van der Waals surface area contributed by atoms with Gasteiger partial charge in [0.1, 0.15) is 5.75 Å². The van der Waals surface area contributed by atoms with Crippen LogP contribution >= 0.6 is 12.2 Å². The maximum absolute atomic E-state index is 13.0. The van der Waals surface area contributed by atoms with Gasteiger partial charge in [-0.2, -0.15) is 0 Å². The number of ether oxygens (including phenoxy) is 3. The normalized spacial score (nSPS) is 11.9. The van der Waals surface area contributed by atoms with Gasteiger partial charge in [-0.15, -0.1) is 0 Å². The monoisotopic (exact) mass is 474 g/mol. The van der Waals surface area contributed by atoms with Gasteiger partial charge in [-0.25, -0.2) is 0 Å². The highest BCUT2D eigenvalue weighted by Crippen LogP contribution is 2.35. The van der Waals surface area contributed by atoms with Crippen molar-refractivity contribution in [3.05, 3.63) is 88.5 Å². The first-order chi connectivity index (χ1) is 16.6. The van der Waals surface area contributed by atoms with Crippen molar-refractivity contribution in [1.29, 1.82) is 0 Å². The molecule has 34 heavy (non-hydrogen) atoms. The van der Waals surface area contributed by atoms with E-state index in [9.17, 15) is 4.79 Å². The van der Waals surface area contributed by atoms with E-state index in [4.69, 9.17) is 26.4 Å². The molecule has 0 bridgehead atoms. The zero-order valence-corrected chi connectivity index (χ0v) is 19.2. The largest absolute Gasteiger partial charge is 0.495 e. The number of hydrogen-bond acceptors (Lipinski definition) is 6. The van der Waals surface area contributed by atoms with Gasteiger partial charge in [0, 0.05) is 36.0 Å². The van der Waals surface area contributed by atoms with Gasteiger partial charge >= 0.3 is 0 Å². The fraction of sp³-hybridized carbons (Fsp3) is 0.160. The van der Waals surface area contributed by atoms with Crippen molar-refractivity contribution in [3.63, 3.8) is 0 Å². The van der Waals surface area contributed by atoms with Crippen molar-refractivity contribution in [2.45, 2.75) is 13.1 Å². The number of thiocarbonyl (C=S) groups is 1. The number of aromatic nitrogens is 2. The topological polar surface area (TPSA) is 88.7 Å². The third kappa shape index (κ3) is 4.51. The molecule has 2 aromatic heterocycles. The number of nitrogens with zero attached hydrogens (tertiary/aromatic N) is 2. The summed E-state index contributed by atoms with van der Waals surface area (Å²) in [6, 6.07) is 16.9. The Balaban J connectivity index is 1.47. The number of hydrogen-bond donors (Lipinski definition) is 2. The fourth-order valence-electron chi connectivity index (χ4n) is 3.82. The molecule has 4 aromatic rings. The summed E-state index contributed by atoms with van der Waals surface area (Å²) in [6.45, 7) is 0.924. The number of pyridine rings is 2. The lowest BCUT2D eigenvalue weighted by Crippen LogP contribution is -2.35. The van der Waals surface area contributed by atoms with Gasteiger partial charge in [0.25, 0.3) is 5.56 Å². The molecule has 172 valence electrons. The average Bonchev–Trinajstić information content (AvgIpc) is 3.31. The van der Waals surface area contributed by atoms with Crippen LogP contribution in [0.2, 0.25) is 0 Å². The molecule has 1 aliphatic heterocycles. The van der Waals surface area contributed by atoms with E-state index in [1.54, 1.807) is 25.6 Å². The van der Waals surface area contributed by atoms with Gasteiger partial charge in [-0.3, -0.25) is 9.78 Å². The Bertz CT molecular complexity index is 1410. The van der Waals surface area contributed by atoms with E-state index < -0.39 is 0 Å². The standard InChI is InChI=1S/C25H22N4O4S/c1-31-21-7-3-2-6-19(21)28-25(34)29(13-16-5-4-8-26-12-16)14-18-9-17-10-22-23(33-15-32-22)11-20(17)27-24(18)30/h2-12H,13-15H2,1H3,(H,27,30)(H,28,34). The Morgan fingerprint density at radius 3 is 2.76 bits per heavy atom. The summed E-state index contributed by atoms with van der Waals surface area (Å²) >= 11 is 5.76. The fourth-order valence-corrected chi connectivity index (χ4v) is 4.06. The predicted octanol–water partition coefficient (Wildman–Crippen LogP) is 4.06. The summed E-state index contributed by atoms with van der Waals surface area (Å²) in [5.74, 6) is 1.95. The molecule has 8 nitrogen and oxygen atoms in total. The van der Waals surface area contributed by atoms with Gasteiger partial charge in [0.2, 0.25) is 6.79 Å². The minimum Gasteiger partial charge on any atom is -0.495 e. The van der Waals surface area contributed by atoms with Crippen LogP contribution < -0.4 is 25.1 Å². The van der Waals surface area contributed by atoms with Gasteiger partial charge in [0.15, 0.2) is 16.6 Å². The molecule has 0 radical (unpaired) electrons. The first-order valence-electron chi connectivity index (χ1n) is 10.6. The molecule has 2 aromatic carbocycles.